The topological polar surface area (TPSA) is 64.3 Å². The standard InChI is InChI=1S/C16H32N2O2/c1-15(2,3)12-6-8-13(9-7-12)20-14(19)16(4,18-5)10-11-17/h12-13,18H,6-11,17H2,1-5H3. The van der Waals surface area contributed by atoms with Gasteiger partial charge < -0.3 is 15.8 Å². The summed E-state index contributed by atoms with van der Waals surface area (Å²) in [5, 5.41) is 3.05. The van der Waals surface area contributed by atoms with Crippen molar-refractivity contribution in [2.45, 2.75) is 71.4 Å². The predicted octanol–water partition coefficient (Wildman–Crippen LogP) is 2.46. The van der Waals surface area contributed by atoms with Crippen LogP contribution in [-0.2, 0) is 9.53 Å². The highest BCUT2D eigenvalue weighted by Crippen LogP contribution is 2.38. The Morgan fingerprint density at radius 1 is 1.20 bits per heavy atom. The van der Waals surface area contributed by atoms with Gasteiger partial charge in [0.2, 0.25) is 0 Å². The first kappa shape index (κ1) is 17.4. The molecule has 20 heavy (non-hydrogen) atoms. The van der Waals surface area contributed by atoms with Crippen LogP contribution in [0, 0.1) is 11.3 Å². The Morgan fingerprint density at radius 3 is 2.15 bits per heavy atom. The van der Waals surface area contributed by atoms with E-state index in [1.54, 1.807) is 7.05 Å². The molecular formula is C16H32N2O2. The third-order valence-corrected chi connectivity index (χ3v) is 4.82. The molecule has 0 amide bonds. The molecule has 1 aliphatic rings. The first-order valence-electron chi connectivity index (χ1n) is 7.83. The number of nitrogens with one attached hydrogen (secondary N) is 1. The van der Waals surface area contributed by atoms with Gasteiger partial charge in [0.15, 0.2) is 0 Å². The van der Waals surface area contributed by atoms with Crippen molar-refractivity contribution < 1.29 is 9.53 Å². The predicted molar refractivity (Wildman–Crippen MR) is 82.4 cm³/mol. The van der Waals surface area contributed by atoms with Crippen molar-refractivity contribution in [3.8, 4) is 0 Å². The third kappa shape index (κ3) is 4.45. The smallest absolute Gasteiger partial charge is 0.326 e. The highest BCUT2D eigenvalue weighted by molar-refractivity contribution is 5.80. The molecule has 3 N–H and O–H groups in total. The van der Waals surface area contributed by atoms with Crippen LogP contribution in [0.3, 0.4) is 0 Å². The number of hydrogen-bond acceptors (Lipinski definition) is 4. The zero-order chi connectivity index (χ0) is 15.4. The van der Waals surface area contributed by atoms with Gasteiger partial charge in [0.05, 0.1) is 0 Å². The molecule has 0 bridgehead atoms. The Labute approximate surface area is 123 Å². The minimum Gasteiger partial charge on any atom is -0.461 e. The van der Waals surface area contributed by atoms with E-state index in [0.717, 1.165) is 31.6 Å². The molecule has 1 aliphatic carbocycles. The molecule has 0 radical (unpaired) electrons. The number of nitrogens with two attached hydrogens (primary N) is 1. The quantitative estimate of drug-likeness (QED) is 0.761. The van der Waals surface area contributed by atoms with E-state index in [1.807, 2.05) is 6.92 Å². The zero-order valence-electron chi connectivity index (χ0n) is 13.8. The summed E-state index contributed by atoms with van der Waals surface area (Å²) in [5.74, 6) is 0.571. The monoisotopic (exact) mass is 284 g/mol. The van der Waals surface area contributed by atoms with Crippen molar-refractivity contribution >= 4 is 5.97 Å². The molecule has 0 saturated heterocycles. The van der Waals surface area contributed by atoms with E-state index >= 15 is 0 Å². The van der Waals surface area contributed by atoms with Crippen LogP contribution in [0.1, 0.15) is 59.8 Å². The second-order valence-corrected chi connectivity index (χ2v) is 7.37. The number of likely N-dealkylation sites (N-methyl/N-ethyl adjacent to an activating group) is 1. The molecule has 0 heterocycles. The van der Waals surface area contributed by atoms with Crippen LogP contribution in [0.25, 0.3) is 0 Å². The van der Waals surface area contributed by atoms with Gasteiger partial charge in [-0.3, -0.25) is 4.79 Å². The Hall–Kier alpha value is -0.610. The Morgan fingerprint density at radius 2 is 1.75 bits per heavy atom. The molecular weight excluding hydrogens is 252 g/mol. The van der Waals surface area contributed by atoms with Crippen molar-refractivity contribution in [3.63, 3.8) is 0 Å². The molecule has 1 rings (SSSR count). The van der Waals surface area contributed by atoms with Gasteiger partial charge in [0.1, 0.15) is 11.6 Å². The number of esters is 1. The Bertz CT molecular complexity index is 317. The number of carbonyl (C=O) groups excluding carboxylic acids is 1. The molecule has 1 atom stereocenters. The van der Waals surface area contributed by atoms with E-state index in [-0.39, 0.29) is 12.1 Å². The summed E-state index contributed by atoms with van der Waals surface area (Å²) in [6.45, 7) is 9.22. The molecule has 0 aromatic rings. The lowest BCUT2D eigenvalue weighted by molar-refractivity contribution is -0.159. The van der Waals surface area contributed by atoms with Gasteiger partial charge >= 0.3 is 5.97 Å². The zero-order valence-corrected chi connectivity index (χ0v) is 13.8. The fourth-order valence-electron chi connectivity index (χ4n) is 2.95. The van der Waals surface area contributed by atoms with Crippen molar-refractivity contribution in [3.05, 3.63) is 0 Å². The molecule has 0 aromatic carbocycles. The second kappa shape index (κ2) is 6.90. The van der Waals surface area contributed by atoms with Gasteiger partial charge in [-0.05, 0) is 64.0 Å². The fraction of sp³-hybridized carbons (Fsp3) is 0.938. The summed E-state index contributed by atoms with van der Waals surface area (Å²) < 4.78 is 5.70. The summed E-state index contributed by atoms with van der Waals surface area (Å²) in [5.41, 5.74) is 5.28. The number of carbonyl (C=O) groups is 1. The lowest BCUT2D eigenvalue weighted by Crippen LogP contribution is -2.51. The van der Waals surface area contributed by atoms with E-state index in [4.69, 9.17) is 10.5 Å². The molecule has 0 aliphatic heterocycles. The summed E-state index contributed by atoms with van der Waals surface area (Å²) >= 11 is 0. The first-order valence-corrected chi connectivity index (χ1v) is 7.83. The van der Waals surface area contributed by atoms with Crippen LogP contribution >= 0.6 is 0 Å². The van der Waals surface area contributed by atoms with Gasteiger partial charge in [0, 0.05) is 0 Å². The van der Waals surface area contributed by atoms with E-state index < -0.39 is 5.54 Å². The van der Waals surface area contributed by atoms with Crippen LogP contribution in [0.2, 0.25) is 0 Å². The van der Waals surface area contributed by atoms with Crippen LogP contribution in [-0.4, -0.2) is 31.2 Å². The van der Waals surface area contributed by atoms with Gasteiger partial charge in [-0.15, -0.1) is 0 Å². The molecule has 4 nitrogen and oxygen atoms in total. The van der Waals surface area contributed by atoms with E-state index in [2.05, 4.69) is 26.1 Å². The summed E-state index contributed by atoms with van der Waals surface area (Å²) in [7, 11) is 1.79. The van der Waals surface area contributed by atoms with Gasteiger partial charge in [-0.25, -0.2) is 0 Å². The average Bonchev–Trinajstić information content (AvgIpc) is 2.38. The number of ether oxygens (including phenoxy) is 1. The van der Waals surface area contributed by atoms with Crippen LogP contribution in [0.5, 0.6) is 0 Å². The molecule has 118 valence electrons. The van der Waals surface area contributed by atoms with E-state index in [1.165, 1.54) is 0 Å². The summed E-state index contributed by atoms with van der Waals surface area (Å²) in [4.78, 5) is 12.3. The molecule has 1 saturated carbocycles. The Kier molecular flexibility index (Phi) is 6.02. The van der Waals surface area contributed by atoms with Crippen molar-refractivity contribution in [2.24, 2.45) is 17.1 Å². The summed E-state index contributed by atoms with van der Waals surface area (Å²) in [6.07, 6.45) is 4.93. The highest BCUT2D eigenvalue weighted by Gasteiger charge is 2.36. The first-order chi connectivity index (χ1) is 9.23. The summed E-state index contributed by atoms with van der Waals surface area (Å²) in [6, 6.07) is 0. The number of rotatable bonds is 5. The molecule has 1 fully saturated rings. The van der Waals surface area contributed by atoms with E-state index in [9.17, 15) is 4.79 Å². The van der Waals surface area contributed by atoms with E-state index in [0.29, 0.717) is 18.4 Å². The normalized spacial score (nSPS) is 26.9. The fourth-order valence-corrected chi connectivity index (χ4v) is 2.95. The van der Waals surface area contributed by atoms with Crippen molar-refractivity contribution in [1.29, 1.82) is 0 Å². The van der Waals surface area contributed by atoms with Crippen LogP contribution in [0.15, 0.2) is 0 Å². The maximum absolute atomic E-state index is 12.3. The van der Waals surface area contributed by atoms with Crippen molar-refractivity contribution in [2.75, 3.05) is 13.6 Å². The lowest BCUT2D eigenvalue weighted by Gasteiger charge is -2.37. The van der Waals surface area contributed by atoms with Gasteiger partial charge in [0.25, 0.3) is 0 Å². The molecule has 1 unspecified atom stereocenters. The van der Waals surface area contributed by atoms with Gasteiger partial charge in [-0.2, -0.15) is 0 Å². The Balaban J connectivity index is 2.49. The molecule has 0 spiro atoms. The second-order valence-electron chi connectivity index (χ2n) is 7.37. The van der Waals surface area contributed by atoms with Crippen LogP contribution < -0.4 is 11.1 Å². The maximum Gasteiger partial charge on any atom is 0.326 e. The third-order valence-electron chi connectivity index (χ3n) is 4.82. The van der Waals surface area contributed by atoms with Gasteiger partial charge in [-0.1, -0.05) is 20.8 Å². The minimum absolute atomic E-state index is 0.0755. The SMILES string of the molecule is CNC(C)(CCN)C(=O)OC1CCC(C(C)(C)C)CC1. The molecule has 0 aromatic heterocycles. The maximum atomic E-state index is 12.3. The van der Waals surface area contributed by atoms with Crippen molar-refractivity contribution in [1.82, 2.24) is 5.32 Å². The molecule has 4 heteroatoms. The number of hydrogen-bond donors (Lipinski definition) is 2. The highest BCUT2D eigenvalue weighted by atomic mass is 16.5. The minimum atomic E-state index is -0.657. The largest absolute Gasteiger partial charge is 0.461 e. The van der Waals surface area contributed by atoms with Crippen LogP contribution in [0.4, 0.5) is 0 Å². The average molecular weight is 284 g/mol. The lowest BCUT2D eigenvalue weighted by atomic mass is 9.72.